The second kappa shape index (κ2) is 37.2. The Morgan fingerprint density at radius 3 is 1.35 bits per heavy atom. The fourth-order valence-corrected chi connectivity index (χ4v) is 7.59. The van der Waals surface area contributed by atoms with Gasteiger partial charge in [0.15, 0.2) is 6.29 Å². The first kappa shape index (κ1) is 51.9. The SMILES string of the molecule is CCCCCCCCCCCCCCCCCCCCCCCCCCCCCCCC/C=C/C(O)C(COC1OC(CO)C(O)C(O)C1O)NC(=O)CC. The van der Waals surface area contributed by atoms with Crippen LogP contribution < -0.4 is 5.32 Å². The van der Waals surface area contributed by atoms with Crippen LogP contribution in [0.25, 0.3) is 0 Å². The van der Waals surface area contributed by atoms with Crippen LogP contribution in [-0.4, -0.2) is 87.5 Å². The minimum Gasteiger partial charge on any atom is -0.394 e. The number of unbranched alkanes of at least 4 members (excludes halogenated alkanes) is 30. The molecule has 1 rings (SSSR count). The number of hydrogen-bond acceptors (Lipinski definition) is 8. The van der Waals surface area contributed by atoms with E-state index >= 15 is 0 Å². The molecule has 1 aliphatic rings. The highest BCUT2D eigenvalue weighted by atomic mass is 16.7. The van der Waals surface area contributed by atoms with Crippen molar-refractivity contribution in [2.45, 2.75) is 262 Å². The highest BCUT2D eigenvalue weighted by Gasteiger charge is 2.44. The average Bonchev–Trinajstić information content (AvgIpc) is 3.19. The van der Waals surface area contributed by atoms with E-state index in [4.69, 9.17) is 9.47 Å². The topological polar surface area (TPSA) is 149 Å². The summed E-state index contributed by atoms with van der Waals surface area (Å²) < 4.78 is 11.0. The van der Waals surface area contributed by atoms with Crippen molar-refractivity contribution in [1.82, 2.24) is 5.32 Å². The van der Waals surface area contributed by atoms with E-state index in [0.29, 0.717) is 0 Å². The summed E-state index contributed by atoms with van der Waals surface area (Å²) in [5.41, 5.74) is 0. The van der Waals surface area contributed by atoms with Crippen LogP contribution in [-0.2, 0) is 14.3 Å². The summed E-state index contributed by atoms with van der Waals surface area (Å²) in [6, 6.07) is -0.797. The predicted molar refractivity (Wildman–Crippen MR) is 226 cm³/mol. The van der Waals surface area contributed by atoms with Crippen molar-refractivity contribution in [3.05, 3.63) is 12.2 Å². The molecule has 0 aromatic heterocycles. The minimum atomic E-state index is -1.56. The molecule has 1 amide bonds. The van der Waals surface area contributed by atoms with Gasteiger partial charge in [0, 0.05) is 6.42 Å². The number of rotatable bonds is 39. The van der Waals surface area contributed by atoms with Gasteiger partial charge in [0.1, 0.15) is 24.4 Å². The first-order valence-electron chi connectivity index (χ1n) is 23.4. The van der Waals surface area contributed by atoms with Crippen LogP contribution in [0.15, 0.2) is 12.2 Å². The Kier molecular flexibility index (Phi) is 35.2. The van der Waals surface area contributed by atoms with Gasteiger partial charge in [-0.05, 0) is 12.8 Å². The van der Waals surface area contributed by atoms with Crippen LogP contribution in [0.5, 0.6) is 0 Å². The van der Waals surface area contributed by atoms with Gasteiger partial charge in [-0.15, -0.1) is 0 Å². The highest BCUT2D eigenvalue weighted by molar-refractivity contribution is 5.75. The van der Waals surface area contributed by atoms with Crippen molar-refractivity contribution in [1.29, 1.82) is 0 Å². The fraction of sp³-hybridized carbons (Fsp3) is 0.935. The zero-order valence-corrected chi connectivity index (χ0v) is 35.7. The van der Waals surface area contributed by atoms with Crippen LogP contribution in [0.2, 0.25) is 0 Å². The molecule has 9 nitrogen and oxygen atoms in total. The maximum Gasteiger partial charge on any atom is 0.220 e. The lowest BCUT2D eigenvalue weighted by Crippen LogP contribution is -2.60. The molecule has 0 aromatic rings. The Morgan fingerprint density at radius 1 is 0.600 bits per heavy atom. The number of allylic oxidation sites excluding steroid dienone is 1. The van der Waals surface area contributed by atoms with Crippen LogP contribution in [0, 0.1) is 0 Å². The zero-order chi connectivity index (χ0) is 40.2. The van der Waals surface area contributed by atoms with E-state index < -0.39 is 49.5 Å². The number of carbonyl (C=O) groups excluding carboxylic acids is 1. The number of carbonyl (C=O) groups is 1. The number of ether oxygens (including phenoxy) is 2. The average molecular weight is 784 g/mol. The van der Waals surface area contributed by atoms with Crippen molar-refractivity contribution in [3.63, 3.8) is 0 Å². The lowest BCUT2D eigenvalue weighted by atomic mass is 9.99. The van der Waals surface area contributed by atoms with E-state index in [1.54, 1.807) is 13.0 Å². The molecule has 1 saturated heterocycles. The summed E-state index contributed by atoms with van der Waals surface area (Å²) in [6.07, 6.45) is 38.3. The lowest BCUT2D eigenvalue weighted by molar-refractivity contribution is -0.302. The summed E-state index contributed by atoms with van der Waals surface area (Å²) in [6.45, 7) is 3.24. The molecule has 0 radical (unpaired) electrons. The molecular formula is C46H89NO8. The maximum absolute atomic E-state index is 12.1. The van der Waals surface area contributed by atoms with E-state index in [0.717, 1.165) is 19.3 Å². The van der Waals surface area contributed by atoms with E-state index in [9.17, 15) is 30.3 Å². The molecule has 0 saturated carbocycles. The zero-order valence-electron chi connectivity index (χ0n) is 35.7. The van der Waals surface area contributed by atoms with Gasteiger partial charge in [0.05, 0.1) is 25.4 Å². The second-order valence-electron chi connectivity index (χ2n) is 16.5. The third-order valence-corrected chi connectivity index (χ3v) is 11.4. The van der Waals surface area contributed by atoms with Crippen LogP contribution in [0.1, 0.15) is 219 Å². The third kappa shape index (κ3) is 28.1. The number of nitrogens with one attached hydrogen (secondary N) is 1. The van der Waals surface area contributed by atoms with Crippen molar-refractivity contribution >= 4 is 5.91 Å². The second-order valence-corrected chi connectivity index (χ2v) is 16.5. The summed E-state index contributed by atoms with van der Waals surface area (Å²) in [7, 11) is 0. The number of amides is 1. The summed E-state index contributed by atoms with van der Waals surface area (Å²) >= 11 is 0. The number of hydrogen-bond donors (Lipinski definition) is 6. The Bertz CT molecular complexity index is 873. The van der Waals surface area contributed by atoms with Gasteiger partial charge in [-0.25, -0.2) is 0 Å². The summed E-state index contributed by atoms with van der Waals surface area (Å²) in [4.78, 5) is 12.1. The minimum absolute atomic E-state index is 0.195. The van der Waals surface area contributed by atoms with Gasteiger partial charge < -0.3 is 40.3 Å². The molecule has 0 aliphatic carbocycles. The lowest BCUT2D eigenvalue weighted by Gasteiger charge is -2.40. The molecule has 7 unspecified atom stereocenters. The molecule has 7 atom stereocenters. The monoisotopic (exact) mass is 784 g/mol. The standard InChI is InChI=1S/C46H89NO8/c1-3-5-6-7-8-9-10-11-12-13-14-15-16-17-18-19-20-21-22-23-24-25-26-27-28-29-30-31-32-33-34-35-36-40(49)39(47-42(50)4-2)38-54-46-45(53)44(52)43(51)41(37-48)55-46/h35-36,39-41,43-46,48-49,51-53H,3-34,37-38H2,1-2H3,(H,47,50)/b36-35+. The van der Waals surface area contributed by atoms with Crippen molar-refractivity contribution < 1.29 is 39.8 Å². The molecule has 1 fully saturated rings. The smallest absolute Gasteiger partial charge is 0.220 e. The van der Waals surface area contributed by atoms with Crippen molar-refractivity contribution in [3.8, 4) is 0 Å². The predicted octanol–water partition coefficient (Wildman–Crippen LogP) is 9.73. The van der Waals surface area contributed by atoms with E-state index in [2.05, 4.69) is 12.2 Å². The van der Waals surface area contributed by atoms with Crippen LogP contribution in [0.3, 0.4) is 0 Å². The molecule has 55 heavy (non-hydrogen) atoms. The number of aliphatic hydroxyl groups excluding tert-OH is 5. The Morgan fingerprint density at radius 2 is 0.982 bits per heavy atom. The molecule has 0 spiro atoms. The number of aliphatic hydroxyl groups is 5. The molecule has 326 valence electrons. The molecule has 0 bridgehead atoms. The van der Waals surface area contributed by atoms with E-state index in [1.807, 2.05) is 6.08 Å². The van der Waals surface area contributed by atoms with Crippen LogP contribution in [0.4, 0.5) is 0 Å². The molecule has 9 heteroatoms. The van der Waals surface area contributed by atoms with Crippen LogP contribution >= 0.6 is 0 Å². The Hall–Kier alpha value is -1.07. The summed E-state index contributed by atoms with van der Waals surface area (Å²) in [5, 5.41) is 53.0. The first-order valence-corrected chi connectivity index (χ1v) is 23.4. The van der Waals surface area contributed by atoms with Gasteiger partial charge in [0.25, 0.3) is 0 Å². The molecular weight excluding hydrogens is 695 g/mol. The van der Waals surface area contributed by atoms with E-state index in [-0.39, 0.29) is 18.9 Å². The molecule has 6 N–H and O–H groups in total. The van der Waals surface area contributed by atoms with E-state index in [1.165, 1.54) is 180 Å². The Balaban J connectivity index is 1.92. The maximum atomic E-state index is 12.1. The van der Waals surface area contributed by atoms with Crippen molar-refractivity contribution in [2.75, 3.05) is 13.2 Å². The third-order valence-electron chi connectivity index (χ3n) is 11.4. The normalized spacial score (nSPS) is 21.3. The highest BCUT2D eigenvalue weighted by Crippen LogP contribution is 2.23. The fourth-order valence-electron chi connectivity index (χ4n) is 7.59. The quantitative estimate of drug-likeness (QED) is 0.0267. The molecule has 1 heterocycles. The first-order chi connectivity index (χ1) is 26.8. The molecule has 0 aromatic carbocycles. The Labute approximate surface area is 337 Å². The van der Waals surface area contributed by atoms with Gasteiger partial charge in [-0.3, -0.25) is 4.79 Å². The van der Waals surface area contributed by atoms with Crippen molar-refractivity contribution in [2.24, 2.45) is 0 Å². The van der Waals surface area contributed by atoms with Gasteiger partial charge in [0.2, 0.25) is 5.91 Å². The van der Waals surface area contributed by atoms with Gasteiger partial charge >= 0.3 is 0 Å². The molecule has 1 aliphatic heterocycles. The summed E-state index contributed by atoms with van der Waals surface area (Å²) in [5.74, 6) is -0.263. The van der Waals surface area contributed by atoms with Gasteiger partial charge in [-0.1, -0.05) is 212 Å². The largest absolute Gasteiger partial charge is 0.394 e. The van der Waals surface area contributed by atoms with Gasteiger partial charge in [-0.2, -0.15) is 0 Å².